The number of carbonyl (C=O) groups is 1. The Morgan fingerprint density at radius 3 is 2.53 bits per heavy atom. The summed E-state index contributed by atoms with van der Waals surface area (Å²) in [6, 6.07) is 10.4. The van der Waals surface area contributed by atoms with Crippen LogP contribution in [-0.2, 0) is 19.3 Å². The van der Waals surface area contributed by atoms with Crippen molar-refractivity contribution in [3.8, 4) is 0 Å². The van der Waals surface area contributed by atoms with E-state index in [-0.39, 0.29) is 11.9 Å². The van der Waals surface area contributed by atoms with Crippen LogP contribution in [0.5, 0.6) is 0 Å². The molecule has 3 aromatic rings. The number of amides is 1. The standard InChI is InChI=1S/C26H29F3N6O/c1-4-21(13-31-24(36)17-5-10-22(30-3)16(2)11-17)35-14-18-12-32-25(34-23(18)15-35)33-20-8-6-19(7-9-20)26(27,28)29/h5-12,21,30H,4,13-15H2,1-3H3,(H,31,36)(H,32,33,34). The van der Waals surface area contributed by atoms with Gasteiger partial charge in [0, 0.05) is 61.4 Å². The molecular weight excluding hydrogens is 469 g/mol. The predicted molar refractivity (Wildman–Crippen MR) is 133 cm³/mol. The highest BCUT2D eigenvalue weighted by Gasteiger charge is 2.30. The molecule has 0 saturated carbocycles. The van der Waals surface area contributed by atoms with E-state index < -0.39 is 11.7 Å². The summed E-state index contributed by atoms with van der Waals surface area (Å²) >= 11 is 0. The summed E-state index contributed by atoms with van der Waals surface area (Å²) in [5.74, 6) is 0.218. The molecule has 3 N–H and O–H groups in total. The van der Waals surface area contributed by atoms with E-state index in [2.05, 4.69) is 37.7 Å². The molecule has 4 rings (SSSR count). The maximum Gasteiger partial charge on any atom is 0.416 e. The number of nitrogens with one attached hydrogen (secondary N) is 3. The van der Waals surface area contributed by atoms with Crippen LogP contribution in [0, 0.1) is 6.92 Å². The van der Waals surface area contributed by atoms with E-state index in [9.17, 15) is 18.0 Å². The fourth-order valence-electron chi connectivity index (χ4n) is 4.30. The van der Waals surface area contributed by atoms with E-state index in [0.29, 0.717) is 36.8 Å². The second-order valence-electron chi connectivity index (χ2n) is 8.82. The predicted octanol–water partition coefficient (Wildman–Crippen LogP) is 5.11. The number of fused-ring (bicyclic) bond motifs is 1. The summed E-state index contributed by atoms with van der Waals surface area (Å²) in [4.78, 5) is 23.9. The van der Waals surface area contributed by atoms with Crippen LogP contribution in [-0.4, -0.2) is 40.4 Å². The van der Waals surface area contributed by atoms with Gasteiger partial charge in [0.2, 0.25) is 5.95 Å². The average molecular weight is 499 g/mol. The number of hydrogen-bond donors (Lipinski definition) is 3. The monoisotopic (exact) mass is 498 g/mol. The molecule has 10 heteroatoms. The van der Waals surface area contributed by atoms with Crippen molar-refractivity contribution in [2.24, 2.45) is 0 Å². The molecule has 1 aliphatic rings. The lowest BCUT2D eigenvalue weighted by atomic mass is 10.1. The zero-order chi connectivity index (χ0) is 25.9. The molecule has 7 nitrogen and oxygen atoms in total. The van der Waals surface area contributed by atoms with Gasteiger partial charge in [0.1, 0.15) is 0 Å². The Bertz CT molecular complexity index is 1230. The quantitative estimate of drug-likeness (QED) is 0.400. The molecular formula is C26H29F3N6O. The molecule has 0 spiro atoms. The Labute approximate surface area is 208 Å². The van der Waals surface area contributed by atoms with Crippen molar-refractivity contribution >= 4 is 23.2 Å². The number of nitrogens with zero attached hydrogens (tertiary/aromatic N) is 3. The number of aromatic nitrogens is 2. The maximum absolute atomic E-state index is 12.8. The zero-order valence-corrected chi connectivity index (χ0v) is 20.4. The lowest BCUT2D eigenvalue weighted by molar-refractivity contribution is -0.137. The van der Waals surface area contributed by atoms with E-state index in [1.807, 2.05) is 32.2 Å². The van der Waals surface area contributed by atoms with Crippen LogP contribution >= 0.6 is 0 Å². The summed E-state index contributed by atoms with van der Waals surface area (Å²) in [5, 5.41) is 9.12. The van der Waals surface area contributed by atoms with Crippen molar-refractivity contribution in [2.45, 2.75) is 45.6 Å². The lowest BCUT2D eigenvalue weighted by Gasteiger charge is -2.26. The molecule has 0 bridgehead atoms. The van der Waals surface area contributed by atoms with E-state index in [4.69, 9.17) is 0 Å². The Morgan fingerprint density at radius 1 is 1.14 bits per heavy atom. The van der Waals surface area contributed by atoms with Gasteiger partial charge >= 0.3 is 6.18 Å². The third-order valence-electron chi connectivity index (χ3n) is 6.39. The second kappa shape index (κ2) is 10.5. The number of carbonyl (C=O) groups excluding carboxylic acids is 1. The molecule has 0 fully saturated rings. The van der Waals surface area contributed by atoms with Crippen LogP contribution in [0.2, 0.25) is 0 Å². The van der Waals surface area contributed by atoms with Crippen LogP contribution in [0.25, 0.3) is 0 Å². The molecule has 0 aliphatic carbocycles. The van der Waals surface area contributed by atoms with Gasteiger partial charge in [0.05, 0.1) is 11.3 Å². The molecule has 1 atom stereocenters. The van der Waals surface area contributed by atoms with Gasteiger partial charge in [-0.25, -0.2) is 9.97 Å². The van der Waals surface area contributed by atoms with E-state index in [1.54, 1.807) is 6.20 Å². The molecule has 190 valence electrons. The second-order valence-corrected chi connectivity index (χ2v) is 8.82. The first kappa shape index (κ1) is 25.4. The molecule has 2 aromatic carbocycles. The summed E-state index contributed by atoms with van der Waals surface area (Å²) < 4.78 is 38.3. The van der Waals surface area contributed by atoms with Gasteiger partial charge in [-0.15, -0.1) is 0 Å². The molecule has 1 aliphatic heterocycles. The van der Waals surface area contributed by atoms with Crippen molar-refractivity contribution in [3.63, 3.8) is 0 Å². The molecule has 1 amide bonds. The first-order chi connectivity index (χ1) is 17.2. The average Bonchev–Trinajstić information content (AvgIpc) is 3.27. The van der Waals surface area contributed by atoms with E-state index in [0.717, 1.165) is 41.1 Å². The number of hydrogen-bond acceptors (Lipinski definition) is 6. The zero-order valence-electron chi connectivity index (χ0n) is 20.4. The highest BCUT2D eigenvalue weighted by atomic mass is 19.4. The van der Waals surface area contributed by atoms with Gasteiger partial charge in [-0.3, -0.25) is 9.69 Å². The Kier molecular flexibility index (Phi) is 7.44. The molecule has 0 saturated heterocycles. The van der Waals surface area contributed by atoms with Gasteiger partial charge in [-0.1, -0.05) is 6.92 Å². The molecule has 0 radical (unpaired) electrons. The van der Waals surface area contributed by atoms with Crippen LogP contribution < -0.4 is 16.0 Å². The number of benzene rings is 2. The van der Waals surface area contributed by atoms with Gasteiger partial charge in [0.25, 0.3) is 5.91 Å². The van der Waals surface area contributed by atoms with Gasteiger partial charge in [-0.2, -0.15) is 13.2 Å². The van der Waals surface area contributed by atoms with Crippen molar-refractivity contribution in [1.82, 2.24) is 20.2 Å². The van der Waals surface area contributed by atoms with Crippen LogP contribution in [0.15, 0.2) is 48.7 Å². The van der Waals surface area contributed by atoms with Crippen LogP contribution in [0.1, 0.15) is 46.1 Å². The Morgan fingerprint density at radius 2 is 1.89 bits per heavy atom. The highest BCUT2D eigenvalue weighted by molar-refractivity contribution is 5.94. The van der Waals surface area contributed by atoms with Crippen molar-refractivity contribution in [1.29, 1.82) is 0 Å². The van der Waals surface area contributed by atoms with Gasteiger partial charge in [-0.05, 0) is 61.4 Å². The summed E-state index contributed by atoms with van der Waals surface area (Å²) in [5.41, 5.74) is 4.24. The normalized spacial score (nSPS) is 14.3. The lowest BCUT2D eigenvalue weighted by Crippen LogP contribution is -2.41. The van der Waals surface area contributed by atoms with Crippen LogP contribution in [0.3, 0.4) is 0 Å². The number of anilines is 3. The summed E-state index contributed by atoms with van der Waals surface area (Å²) in [6.45, 7) is 5.81. The number of rotatable bonds is 8. The number of halogens is 3. The van der Waals surface area contributed by atoms with Gasteiger partial charge in [0.15, 0.2) is 0 Å². The minimum absolute atomic E-state index is 0.112. The maximum atomic E-state index is 12.8. The molecule has 1 aromatic heterocycles. The first-order valence-electron chi connectivity index (χ1n) is 11.8. The third kappa shape index (κ3) is 5.76. The molecule has 1 unspecified atom stereocenters. The molecule has 2 heterocycles. The summed E-state index contributed by atoms with van der Waals surface area (Å²) in [6.07, 6.45) is -1.79. The first-order valence-corrected chi connectivity index (χ1v) is 11.8. The largest absolute Gasteiger partial charge is 0.416 e. The minimum Gasteiger partial charge on any atom is -0.388 e. The van der Waals surface area contributed by atoms with Crippen molar-refractivity contribution in [2.75, 3.05) is 24.2 Å². The highest BCUT2D eigenvalue weighted by Crippen LogP contribution is 2.30. The van der Waals surface area contributed by atoms with E-state index >= 15 is 0 Å². The molecule has 36 heavy (non-hydrogen) atoms. The van der Waals surface area contributed by atoms with Crippen LogP contribution in [0.4, 0.5) is 30.5 Å². The van der Waals surface area contributed by atoms with Crippen molar-refractivity contribution < 1.29 is 18.0 Å². The fraction of sp³-hybridized carbons (Fsp3) is 0.346. The SMILES string of the molecule is CCC(CNC(=O)c1ccc(NC)c(C)c1)N1Cc2cnc(Nc3ccc(C(F)(F)F)cc3)nc2C1. The number of aryl methyl sites for hydroxylation is 1. The van der Waals surface area contributed by atoms with E-state index in [1.165, 1.54) is 12.1 Å². The number of alkyl halides is 3. The Balaban J connectivity index is 1.36. The van der Waals surface area contributed by atoms with Gasteiger partial charge < -0.3 is 16.0 Å². The third-order valence-corrected chi connectivity index (χ3v) is 6.39. The smallest absolute Gasteiger partial charge is 0.388 e. The minimum atomic E-state index is -4.38. The summed E-state index contributed by atoms with van der Waals surface area (Å²) in [7, 11) is 1.85. The topological polar surface area (TPSA) is 82.2 Å². The fourth-order valence-corrected chi connectivity index (χ4v) is 4.30. The van der Waals surface area contributed by atoms with Crippen molar-refractivity contribution in [3.05, 3.63) is 76.6 Å². The Hall–Kier alpha value is -3.66.